The van der Waals surface area contributed by atoms with Crippen LogP contribution >= 0.6 is 23.2 Å². The molecule has 0 heterocycles. The van der Waals surface area contributed by atoms with E-state index in [1.54, 1.807) is 31.2 Å². The molecule has 2 N–H and O–H groups in total. The predicted octanol–water partition coefficient (Wildman–Crippen LogP) is 4.69. The van der Waals surface area contributed by atoms with Crippen molar-refractivity contribution < 1.29 is 19.8 Å². The van der Waals surface area contributed by atoms with E-state index in [1.165, 1.54) is 12.1 Å². The minimum atomic E-state index is -0.979. The van der Waals surface area contributed by atoms with Crippen molar-refractivity contribution in [2.24, 2.45) is 0 Å². The van der Waals surface area contributed by atoms with Crippen molar-refractivity contribution in [3.63, 3.8) is 0 Å². The van der Waals surface area contributed by atoms with Gasteiger partial charge in [0.15, 0.2) is 0 Å². The Morgan fingerprint density at radius 1 is 0.864 bits per heavy atom. The largest absolute Gasteiger partial charge is 0.478 e. The van der Waals surface area contributed by atoms with Crippen molar-refractivity contribution in [2.75, 3.05) is 0 Å². The van der Waals surface area contributed by atoms with Gasteiger partial charge < -0.3 is 10.2 Å². The van der Waals surface area contributed by atoms with Gasteiger partial charge in [-0.3, -0.25) is 0 Å². The number of carboxylic acid groups (broad SMARTS) is 2. The van der Waals surface area contributed by atoms with Gasteiger partial charge in [-0.2, -0.15) is 0 Å². The summed E-state index contributed by atoms with van der Waals surface area (Å²) in [5.74, 6) is -1.93. The number of hydrogen-bond donors (Lipinski definition) is 2. The summed E-state index contributed by atoms with van der Waals surface area (Å²) < 4.78 is 0. The van der Waals surface area contributed by atoms with Crippen LogP contribution in [0.3, 0.4) is 0 Å². The van der Waals surface area contributed by atoms with E-state index in [0.717, 1.165) is 5.56 Å². The molecule has 2 aromatic rings. The fourth-order valence-electron chi connectivity index (χ4n) is 1.63. The Morgan fingerprint density at radius 3 is 1.91 bits per heavy atom. The quantitative estimate of drug-likeness (QED) is 0.831. The number of carboxylic acids is 2. The third-order valence-electron chi connectivity index (χ3n) is 2.85. The number of benzene rings is 2. The molecule has 116 valence electrons. The van der Waals surface area contributed by atoms with Crippen LogP contribution in [0.4, 0.5) is 0 Å². The molecule has 0 radical (unpaired) electrons. The number of aryl methyl sites for hydroxylation is 2. The van der Waals surface area contributed by atoms with Crippen LogP contribution in [0.25, 0.3) is 0 Å². The maximum absolute atomic E-state index is 10.6. The predicted molar refractivity (Wildman–Crippen MR) is 86.3 cm³/mol. The van der Waals surface area contributed by atoms with Gasteiger partial charge in [-0.25, -0.2) is 9.59 Å². The number of carbonyl (C=O) groups is 2. The van der Waals surface area contributed by atoms with Gasteiger partial charge >= 0.3 is 11.9 Å². The van der Waals surface area contributed by atoms with Crippen LogP contribution in [0.5, 0.6) is 0 Å². The van der Waals surface area contributed by atoms with Crippen molar-refractivity contribution >= 4 is 35.1 Å². The zero-order valence-electron chi connectivity index (χ0n) is 11.9. The Balaban J connectivity index is 0.000000220. The lowest BCUT2D eigenvalue weighted by atomic mass is 10.1. The van der Waals surface area contributed by atoms with Crippen LogP contribution < -0.4 is 0 Å². The summed E-state index contributed by atoms with van der Waals surface area (Å²) in [6, 6.07) is 9.67. The molecule has 4 nitrogen and oxygen atoms in total. The van der Waals surface area contributed by atoms with E-state index in [1.807, 2.05) is 6.92 Å². The lowest BCUT2D eigenvalue weighted by molar-refractivity contribution is 0.0685. The molecule has 0 aromatic heterocycles. The highest BCUT2D eigenvalue weighted by molar-refractivity contribution is 6.33. The zero-order valence-corrected chi connectivity index (χ0v) is 13.4. The highest BCUT2D eigenvalue weighted by atomic mass is 35.5. The second-order valence-corrected chi connectivity index (χ2v) is 5.32. The van der Waals surface area contributed by atoms with E-state index in [4.69, 9.17) is 33.4 Å². The Kier molecular flexibility index (Phi) is 6.40. The monoisotopic (exact) mass is 340 g/mol. The molecule has 0 fully saturated rings. The Bertz CT molecular complexity index is 691. The summed E-state index contributed by atoms with van der Waals surface area (Å²) >= 11 is 11.3. The molecule has 22 heavy (non-hydrogen) atoms. The van der Waals surface area contributed by atoms with Gasteiger partial charge in [0.2, 0.25) is 0 Å². The van der Waals surface area contributed by atoms with Gasteiger partial charge in [0.05, 0.1) is 16.1 Å². The van der Waals surface area contributed by atoms with Crippen molar-refractivity contribution in [2.45, 2.75) is 13.8 Å². The van der Waals surface area contributed by atoms with Gasteiger partial charge in [0.25, 0.3) is 0 Å². The molecule has 2 rings (SSSR count). The van der Waals surface area contributed by atoms with Gasteiger partial charge in [0, 0.05) is 5.02 Å². The number of rotatable bonds is 2. The van der Waals surface area contributed by atoms with E-state index in [9.17, 15) is 9.59 Å². The van der Waals surface area contributed by atoms with Crippen molar-refractivity contribution in [3.8, 4) is 0 Å². The third-order valence-corrected chi connectivity index (χ3v) is 3.58. The minimum Gasteiger partial charge on any atom is -0.478 e. The molecular formula is C16H14Cl2O4. The molecule has 0 spiro atoms. The molecule has 0 aliphatic heterocycles. The summed E-state index contributed by atoms with van der Waals surface area (Å²) in [6.45, 7) is 3.54. The summed E-state index contributed by atoms with van der Waals surface area (Å²) in [6.07, 6.45) is 0. The Hall–Kier alpha value is -2.04. The van der Waals surface area contributed by atoms with E-state index < -0.39 is 11.9 Å². The van der Waals surface area contributed by atoms with Crippen LogP contribution in [0.15, 0.2) is 36.4 Å². The standard InChI is InChI=1S/2C8H7ClO2/c1-5-2-3-6(8(10)11)4-7(5)9;1-5-3-2-4-6(9)7(5)8(10)11/h2*2-4H,1H3,(H,10,11). The van der Waals surface area contributed by atoms with Gasteiger partial charge in [-0.15, -0.1) is 0 Å². The average Bonchev–Trinajstić information content (AvgIpc) is 2.41. The highest BCUT2D eigenvalue weighted by Gasteiger charge is 2.10. The van der Waals surface area contributed by atoms with E-state index in [-0.39, 0.29) is 16.1 Å². The van der Waals surface area contributed by atoms with Gasteiger partial charge in [-0.1, -0.05) is 41.4 Å². The smallest absolute Gasteiger partial charge is 0.337 e. The average molecular weight is 341 g/mol. The van der Waals surface area contributed by atoms with Crippen LogP contribution in [-0.2, 0) is 0 Å². The molecule has 0 amide bonds. The first-order valence-corrected chi connectivity index (χ1v) is 6.97. The topological polar surface area (TPSA) is 74.6 Å². The second kappa shape index (κ2) is 7.82. The molecule has 2 aromatic carbocycles. The molecule has 6 heteroatoms. The molecule has 0 unspecified atom stereocenters. The van der Waals surface area contributed by atoms with Crippen molar-refractivity contribution in [1.82, 2.24) is 0 Å². The number of hydrogen-bond acceptors (Lipinski definition) is 2. The maximum Gasteiger partial charge on any atom is 0.337 e. The molecule has 0 saturated carbocycles. The van der Waals surface area contributed by atoms with E-state index in [2.05, 4.69) is 0 Å². The Labute approximate surface area is 137 Å². The molecule has 0 saturated heterocycles. The van der Waals surface area contributed by atoms with Gasteiger partial charge in [-0.05, 0) is 43.2 Å². The first kappa shape index (κ1) is 18.0. The molecule has 0 aliphatic rings. The minimum absolute atomic E-state index is 0.189. The van der Waals surface area contributed by atoms with Crippen molar-refractivity contribution in [1.29, 1.82) is 0 Å². The fraction of sp³-hybridized carbons (Fsp3) is 0.125. The summed E-state index contributed by atoms with van der Waals surface area (Å²) in [5.41, 5.74) is 1.98. The summed E-state index contributed by atoms with van der Waals surface area (Å²) in [7, 11) is 0. The summed E-state index contributed by atoms with van der Waals surface area (Å²) in [5, 5.41) is 18.0. The molecule has 0 bridgehead atoms. The maximum atomic E-state index is 10.6. The van der Waals surface area contributed by atoms with Crippen LogP contribution in [0.1, 0.15) is 31.8 Å². The molecule has 0 aliphatic carbocycles. The Morgan fingerprint density at radius 2 is 1.50 bits per heavy atom. The van der Waals surface area contributed by atoms with Gasteiger partial charge in [0.1, 0.15) is 0 Å². The van der Waals surface area contributed by atoms with Crippen LogP contribution in [-0.4, -0.2) is 22.2 Å². The van der Waals surface area contributed by atoms with Crippen LogP contribution in [0.2, 0.25) is 10.0 Å². The third kappa shape index (κ3) is 4.76. The summed E-state index contributed by atoms with van der Waals surface area (Å²) in [4.78, 5) is 21.0. The normalized spacial score (nSPS) is 9.64. The lowest BCUT2D eigenvalue weighted by Crippen LogP contribution is -1.99. The van der Waals surface area contributed by atoms with Crippen LogP contribution in [0, 0.1) is 13.8 Å². The first-order valence-electron chi connectivity index (χ1n) is 6.22. The first-order chi connectivity index (χ1) is 10.2. The SMILES string of the molecule is Cc1ccc(C(=O)O)cc1Cl.Cc1cccc(Cl)c1C(=O)O. The van der Waals surface area contributed by atoms with E-state index >= 15 is 0 Å². The fourth-order valence-corrected chi connectivity index (χ4v) is 2.11. The second-order valence-electron chi connectivity index (χ2n) is 4.51. The van der Waals surface area contributed by atoms with Crippen molar-refractivity contribution in [3.05, 3.63) is 68.7 Å². The van der Waals surface area contributed by atoms with E-state index in [0.29, 0.717) is 10.6 Å². The molecular weight excluding hydrogens is 327 g/mol. The highest BCUT2D eigenvalue weighted by Crippen LogP contribution is 2.18. The number of aromatic carboxylic acids is 2. The lowest BCUT2D eigenvalue weighted by Gasteiger charge is -2.00. The zero-order chi connectivity index (χ0) is 16.9. The molecule has 0 atom stereocenters. The number of halogens is 2.